The van der Waals surface area contributed by atoms with Crippen molar-refractivity contribution >= 4 is 16.7 Å². The van der Waals surface area contributed by atoms with Crippen LogP contribution in [-0.4, -0.2) is 12.6 Å². The van der Waals surface area contributed by atoms with Crippen LogP contribution in [0.25, 0.3) is 10.8 Å². The Hall–Kier alpha value is -2.09. The van der Waals surface area contributed by atoms with Gasteiger partial charge in [0, 0.05) is 0 Å². The van der Waals surface area contributed by atoms with Gasteiger partial charge in [-0.25, -0.2) is 0 Å². The van der Waals surface area contributed by atoms with Gasteiger partial charge in [-0.3, -0.25) is 4.79 Å². The molecule has 2 aromatic carbocycles. The van der Waals surface area contributed by atoms with Gasteiger partial charge in [-0.2, -0.15) is 0 Å². The molecule has 2 heteroatoms. The summed E-state index contributed by atoms with van der Waals surface area (Å²) in [5, 5.41) is 2.30. The SMILES string of the molecule is C=CCC(C)(C(=O)OCC)c1ccc2ccccc2c1. The van der Waals surface area contributed by atoms with Gasteiger partial charge in [-0.05, 0) is 36.6 Å². The van der Waals surface area contributed by atoms with Crippen LogP contribution in [0.5, 0.6) is 0 Å². The quantitative estimate of drug-likeness (QED) is 0.599. The number of allylic oxidation sites excluding steroid dienone is 1. The van der Waals surface area contributed by atoms with Crippen molar-refractivity contribution in [3.63, 3.8) is 0 Å². The van der Waals surface area contributed by atoms with Gasteiger partial charge in [0.25, 0.3) is 0 Å². The normalized spacial score (nSPS) is 13.7. The molecule has 0 bridgehead atoms. The van der Waals surface area contributed by atoms with E-state index in [0.717, 1.165) is 10.9 Å². The van der Waals surface area contributed by atoms with E-state index in [1.165, 1.54) is 5.39 Å². The number of fused-ring (bicyclic) bond motifs is 1. The molecule has 0 amide bonds. The summed E-state index contributed by atoms with van der Waals surface area (Å²) >= 11 is 0. The third-order valence-electron chi connectivity index (χ3n) is 3.67. The van der Waals surface area contributed by atoms with E-state index < -0.39 is 5.41 Å². The van der Waals surface area contributed by atoms with E-state index in [2.05, 4.69) is 24.8 Å². The lowest BCUT2D eigenvalue weighted by atomic mass is 9.79. The van der Waals surface area contributed by atoms with Gasteiger partial charge in [0.15, 0.2) is 0 Å². The predicted molar refractivity (Wildman–Crippen MR) is 82.7 cm³/mol. The maximum atomic E-state index is 12.3. The van der Waals surface area contributed by atoms with Crippen LogP contribution in [0.1, 0.15) is 25.8 Å². The van der Waals surface area contributed by atoms with Crippen molar-refractivity contribution in [3.05, 3.63) is 60.7 Å². The van der Waals surface area contributed by atoms with Crippen molar-refractivity contribution < 1.29 is 9.53 Å². The highest BCUT2D eigenvalue weighted by atomic mass is 16.5. The van der Waals surface area contributed by atoms with E-state index in [1.54, 1.807) is 6.08 Å². The molecule has 2 aromatic rings. The van der Waals surface area contributed by atoms with E-state index >= 15 is 0 Å². The minimum Gasteiger partial charge on any atom is -0.465 e. The Kier molecular flexibility index (Phi) is 4.23. The van der Waals surface area contributed by atoms with Crippen molar-refractivity contribution in [2.45, 2.75) is 25.7 Å². The first-order chi connectivity index (χ1) is 9.61. The zero-order chi connectivity index (χ0) is 14.6. The third-order valence-corrected chi connectivity index (χ3v) is 3.67. The average Bonchev–Trinajstić information content (AvgIpc) is 2.47. The maximum absolute atomic E-state index is 12.3. The predicted octanol–water partition coefficient (Wildman–Crippen LogP) is 4.24. The molecule has 0 aliphatic heterocycles. The molecular formula is C18H20O2. The monoisotopic (exact) mass is 268 g/mol. The van der Waals surface area contributed by atoms with Gasteiger partial charge in [-0.15, -0.1) is 6.58 Å². The van der Waals surface area contributed by atoms with Crippen molar-refractivity contribution in [2.24, 2.45) is 0 Å². The number of benzene rings is 2. The van der Waals surface area contributed by atoms with Crippen LogP contribution in [0.3, 0.4) is 0 Å². The number of rotatable bonds is 5. The van der Waals surface area contributed by atoms with E-state index in [0.29, 0.717) is 13.0 Å². The van der Waals surface area contributed by atoms with Crippen molar-refractivity contribution in [2.75, 3.05) is 6.61 Å². The highest BCUT2D eigenvalue weighted by Crippen LogP contribution is 2.32. The van der Waals surface area contributed by atoms with Gasteiger partial charge < -0.3 is 4.74 Å². The summed E-state index contributed by atoms with van der Waals surface area (Å²) in [5.74, 6) is -0.199. The van der Waals surface area contributed by atoms with Crippen LogP contribution in [-0.2, 0) is 14.9 Å². The van der Waals surface area contributed by atoms with Gasteiger partial charge >= 0.3 is 5.97 Å². The second kappa shape index (κ2) is 5.91. The highest BCUT2D eigenvalue weighted by molar-refractivity contribution is 5.88. The maximum Gasteiger partial charge on any atom is 0.316 e. The summed E-state index contributed by atoms with van der Waals surface area (Å²) in [6, 6.07) is 14.2. The summed E-state index contributed by atoms with van der Waals surface area (Å²) in [5.41, 5.74) is 0.288. The molecule has 0 radical (unpaired) electrons. The summed E-state index contributed by atoms with van der Waals surface area (Å²) in [6.07, 6.45) is 2.33. The summed E-state index contributed by atoms with van der Waals surface area (Å²) in [4.78, 5) is 12.3. The zero-order valence-corrected chi connectivity index (χ0v) is 12.1. The molecule has 0 saturated carbocycles. The standard InChI is InChI=1S/C18H20O2/c1-4-12-18(3,17(19)20-5-2)16-11-10-14-8-6-7-9-15(14)13-16/h4,6-11,13H,1,5,12H2,2-3H3. The molecule has 2 rings (SSSR count). The Morgan fingerprint density at radius 1 is 1.25 bits per heavy atom. The molecule has 1 unspecified atom stereocenters. The van der Waals surface area contributed by atoms with Gasteiger partial charge in [-0.1, -0.05) is 48.5 Å². The van der Waals surface area contributed by atoms with Crippen molar-refractivity contribution in [1.29, 1.82) is 0 Å². The minimum absolute atomic E-state index is 0.199. The second-order valence-corrected chi connectivity index (χ2v) is 5.11. The molecule has 0 aliphatic rings. The number of esters is 1. The topological polar surface area (TPSA) is 26.3 Å². The zero-order valence-electron chi connectivity index (χ0n) is 12.1. The molecule has 0 N–H and O–H groups in total. The smallest absolute Gasteiger partial charge is 0.316 e. The lowest BCUT2D eigenvalue weighted by Gasteiger charge is -2.26. The van der Waals surface area contributed by atoms with Crippen LogP contribution in [0.15, 0.2) is 55.1 Å². The molecule has 0 spiro atoms. The molecule has 0 fully saturated rings. The molecule has 0 aliphatic carbocycles. The summed E-state index contributed by atoms with van der Waals surface area (Å²) in [6.45, 7) is 7.90. The fraction of sp³-hybridized carbons (Fsp3) is 0.278. The van der Waals surface area contributed by atoms with Crippen LogP contribution in [0.4, 0.5) is 0 Å². The number of carbonyl (C=O) groups excluding carboxylic acids is 1. The Morgan fingerprint density at radius 3 is 2.60 bits per heavy atom. The minimum atomic E-state index is -0.679. The number of hydrogen-bond donors (Lipinski definition) is 0. The lowest BCUT2D eigenvalue weighted by molar-refractivity contribution is -0.149. The van der Waals surface area contributed by atoms with Gasteiger partial charge in [0.1, 0.15) is 0 Å². The molecule has 0 aromatic heterocycles. The number of carbonyl (C=O) groups is 1. The van der Waals surface area contributed by atoms with Crippen LogP contribution in [0, 0.1) is 0 Å². The van der Waals surface area contributed by atoms with Crippen molar-refractivity contribution in [3.8, 4) is 0 Å². The first-order valence-electron chi connectivity index (χ1n) is 6.89. The van der Waals surface area contributed by atoms with Crippen LogP contribution >= 0.6 is 0 Å². The molecule has 1 atom stereocenters. The fourth-order valence-corrected chi connectivity index (χ4v) is 2.43. The first kappa shape index (κ1) is 14.3. The van der Waals surface area contributed by atoms with Gasteiger partial charge in [0.05, 0.1) is 12.0 Å². The van der Waals surface area contributed by atoms with Crippen molar-refractivity contribution in [1.82, 2.24) is 0 Å². The Bertz CT molecular complexity index is 630. The molecule has 104 valence electrons. The molecule has 0 saturated heterocycles. The second-order valence-electron chi connectivity index (χ2n) is 5.11. The highest BCUT2D eigenvalue weighted by Gasteiger charge is 2.35. The molecule has 2 nitrogen and oxygen atoms in total. The Balaban J connectivity index is 2.50. The van der Waals surface area contributed by atoms with E-state index in [-0.39, 0.29) is 5.97 Å². The molecular weight excluding hydrogens is 248 g/mol. The lowest BCUT2D eigenvalue weighted by Crippen LogP contribution is -2.34. The Morgan fingerprint density at radius 2 is 1.95 bits per heavy atom. The van der Waals surface area contributed by atoms with Crippen LogP contribution < -0.4 is 0 Å². The Labute approximate surface area is 120 Å². The largest absolute Gasteiger partial charge is 0.465 e. The summed E-state index contributed by atoms with van der Waals surface area (Å²) in [7, 11) is 0. The van der Waals surface area contributed by atoms with E-state index in [1.807, 2.05) is 38.1 Å². The number of ether oxygens (including phenoxy) is 1. The number of hydrogen-bond acceptors (Lipinski definition) is 2. The van der Waals surface area contributed by atoms with Crippen LogP contribution in [0.2, 0.25) is 0 Å². The fourth-order valence-electron chi connectivity index (χ4n) is 2.43. The average molecular weight is 268 g/mol. The summed E-state index contributed by atoms with van der Waals surface area (Å²) < 4.78 is 5.24. The first-order valence-corrected chi connectivity index (χ1v) is 6.89. The molecule has 0 heterocycles. The molecule has 20 heavy (non-hydrogen) atoms. The third kappa shape index (κ3) is 2.60. The van der Waals surface area contributed by atoms with E-state index in [9.17, 15) is 4.79 Å². The van der Waals surface area contributed by atoms with Gasteiger partial charge in [0.2, 0.25) is 0 Å². The van der Waals surface area contributed by atoms with E-state index in [4.69, 9.17) is 4.74 Å².